The van der Waals surface area contributed by atoms with E-state index in [0.29, 0.717) is 12.8 Å². The Kier molecular flexibility index (Phi) is 5.55. The molecule has 3 heteroatoms. The van der Waals surface area contributed by atoms with E-state index < -0.39 is 0 Å². The molecule has 3 nitrogen and oxygen atoms in total. The van der Waals surface area contributed by atoms with Gasteiger partial charge in [0.15, 0.2) is 0 Å². The van der Waals surface area contributed by atoms with Gasteiger partial charge in [0.2, 0.25) is 5.91 Å². The quantitative estimate of drug-likeness (QED) is 0.857. The van der Waals surface area contributed by atoms with E-state index in [1.165, 1.54) is 0 Å². The summed E-state index contributed by atoms with van der Waals surface area (Å²) >= 11 is 0. The number of hydrogen-bond donors (Lipinski definition) is 2. The summed E-state index contributed by atoms with van der Waals surface area (Å²) < 4.78 is 0. The van der Waals surface area contributed by atoms with Gasteiger partial charge < -0.3 is 10.4 Å². The molecule has 19 heavy (non-hydrogen) atoms. The van der Waals surface area contributed by atoms with Crippen molar-refractivity contribution in [3.63, 3.8) is 0 Å². The summed E-state index contributed by atoms with van der Waals surface area (Å²) in [6.45, 7) is 8.31. The maximum Gasteiger partial charge on any atom is 0.224 e. The number of amides is 1. The van der Waals surface area contributed by atoms with Gasteiger partial charge in [-0.3, -0.25) is 4.79 Å². The van der Waals surface area contributed by atoms with Crippen LogP contribution in [0.1, 0.15) is 38.3 Å². The summed E-state index contributed by atoms with van der Waals surface area (Å²) in [7, 11) is 0. The predicted octanol–water partition coefficient (Wildman–Crippen LogP) is 2.45. The highest BCUT2D eigenvalue weighted by molar-refractivity contribution is 5.79. The van der Waals surface area contributed by atoms with Gasteiger partial charge >= 0.3 is 0 Å². The van der Waals surface area contributed by atoms with E-state index in [2.05, 4.69) is 26.1 Å². The van der Waals surface area contributed by atoms with E-state index in [-0.39, 0.29) is 24.0 Å². The second-order valence-electron chi connectivity index (χ2n) is 6.10. The minimum Gasteiger partial charge on any atom is -0.396 e. The van der Waals surface area contributed by atoms with Crippen LogP contribution in [0.4, 0.5) is 0 Å². The number of carbonyl (C=O) groups excluding carboxylic acids is 1. The monoisotopic (exact) mass is 263 g/mol. The molecule has 0 saturated carbocycles. The first kappa shape index (κ1) is 15.7. The van der Waals surface area contributed by atoms with Crippen LogP contribution in [-0.2, 0) is 11.2 Å². The molecule has 0 saturated heterocycles. The summed E-state index contributed by atoms with van der Waals surface area (Å²) in [5, 5.41) is 12.1. The van der Waals surface area contributed by atoms with Crippen molar-refractivity contribution in [2.75, 3.05) is 6.61 Å². The van der Waals surface area contributed by atoms with Crippen molar-refractivity contribution in [1.82, 2.24) is 5.32 Å². The second kappa shape index (κ2) is 6.71. The van der Waals surface area contributed by atoms with Gasteiger partial charge in [-0.1, -0.05) is 45.0 Å². The van der Waals surface area contributed by atoms with Gasteiger partial charge in [0, 0.05) is 12.6 Å². The number of nitrogens with one attached hydrogen (secondary N) is 1. The molecule has 0 aromatic heterocycles. The molecule has 0 spiro atoms. The summed E-state index contributed by atoms with van der Waals surface area (Å²) in [6.07, 6.45) is 0.980. The molecule has 0 unspecified atom stereocenters. The Hall–Kier alpha value is -1.35. The second-order valence-corrected chi connectivity index (χ2v) is 6.10. The number of aliphatic hydroxyl groups excluding tert-OH is 1. The van der Waals surface area contributed by atoms with Crippen molar-refractivity contribution in [2.24, 2.45) is 5.41 Å². The first-order chi connectivity index (χ1) is 8.84. The smallest absolute Gasteiger partial charge is 0.224 e. The highest BCUT2D eigenvalue weighted by Gasteiger charge is 2.25. The molecular weight excluding hydrogens is 238 g/mol. The zero-order chi connectivity index (χ0) is 14.5. The summed E-state index contributed by atoms with van der Waals surface area (Å²) in [6, 6.07) is 7.91. The van der Waals surface area contributed by atoms with Crippen LogP contribution in [0, 0.1) is 12.3 Å². The highest BCUT2D eigenvalue weighted by Crippen LogP contribution is 2.21. The van der Waals surface area contributed by atoms with Crippen molar-refractivity contribution in [2.45, 2.75) is 46.6 Å². The first-order valence-corrected chi connectivity index (χ1v) is 6.79. The predicted molar refractivity (Wildman–Crippen MR) is 78.0 cm³/mol. The first-order valence-electron chi connectivity index (χ1n) is 6.79. The lowest BCUT2D eigenvalue weighted by Crippen LogP contribution is -2.44. The van der Waals surface area contributed by atoms with Gasteiger partial charge in [-0.25, -0.2) is 0 Å². The Morgan fingerprint density at radius 3 is 2.47 bits per heavy atom. The van der Waals surface area contributed by atoms with E-state index in [9.17, 15) is 4.79 Å². The van der Waals surface area contributed by atoms with Crippen LogP contribution >= 0.6 is 0 Å². The lowest BCUT2D eigenvalue weighted by Gasteiger charge is -2.31. The van der Waals surface area contributed by atoms with Crippen LogP contribution in [-0.4, -0.2) is 23.7 Å². The SMILES string of the molecule is Cc1ccccc1CC(=O)N[C@H](CCO)C(C)(C)C. The van der Waals surface area contributed by atoms with Crippen molar-refractivity contribution >= 4 is 5.91 Å². The van der Waals surface area contributed by atoms with Crippen molar-refractivity contribution in [1.29, 1.82) is 0 Å². The molecule has 106 valence electrons. The van der Waals surface area contributed by atoms with E-state index in [1.54, 1.807) is 0 Å². The van der Waals surface area contributed by atoms with Gasteiger partial charge in [-0.05, 0) is 29.9 Å². The van der Waals surface area contributed by atoms with Crippen LogP contribution in [0.15, 0.2) is 24.3 Å². The third-order valence-electron chi connectivity index (χ3n) is 3.41. The molecule has 1 aromatic carbocycles. The lowest BCUT2D eigenvalue weighted by molar-refractivity contribution is -0.122. The average molecular weight is 263 g/mol. The van der Waals surface area contributed by atoms with E-state index in [1.807, 2.05) is 31.2 Å². The number of carbonyl (C=O) groups is 1. The van der Waals surface area contributed by atoms with Gasteiger partial charge in [-0.15, -0.1) is 0 Å². The molecule has 2 N–H and O–H groups in total. The maximum absolute atomic E-state index is 12.1. The lowest BCUT2D eigenvalue weighted by atomic mass is 9.84. The van der Waals surface area contributed by atoms with Gasteiger partial charge in [-0.2, -0.15) is 0 Å². The van der Waals surface area contributed by atoms with Crippen LogP contribution < -0.4 is 5.32 Å². The minimum atomic E-state index is -0.0515. The van der Waals surface area contributed by atoms with Crippen LogP contribution in [0.25, 0.3) is 0 Å². The fourth-order valence-corrected chi connectivity index (χ4v) is 2.08. The Labute approximate surface area is 116 Å². The molecule has 0 radical (unpaired) electrons. The Balaban J connectivity index is 2.66. The highest BCUT2D eigenvalue weighted by atomic mass is 16.3. The zero-order valence-corrected chi connectivity index (χ0v) is 12.4. The fourth-order valence-electron chi connectivity index (χ4n) is 2.08. The molecule has 1 rings (SSSR count). The van der Waals surface area contributed by atoms with Crippen molar-refractivity contribution < 1.29 is 9.90 Å². The van der Waals surface area contributed by atoms with E-state index in [0.717, 1.165) is 11.1 Å². The molecular formula is C16H25NO2. The average Bonchev–Trinajstić information content (AvgIpc) is 2.30. The molecule has 1 aromatic rings. The third kappa shape index (κ3) is 5.03. The number of hydrogen-bond acceptors (Lipinski definition) is 2. The summed E-state index contributed by atoms with van der Waals surface area (Å²) in [4.78, 5) is 12.1. The fraction of sp³-hybridized carbons (Fsp3) is 0.562. The third-order valence-corrected chi connectivity index (χ3v) is 3.41. The molecule has 0 aliphatic rings. The Bertz CT molecular complexity index is 421. The molecule has 1 atom stereocenters. The van der Waals surface area contributed by atoms with Crippen molar-refractivity contribution in [3.05, 3.63) is 35.4 Å². The van der Waals surface area contributed by atoms with Crippen LogP contribution in [0.2, 0.25) is 0 Å². The Morgan fingerprint density at radius 2 is 1.95 bits per heavy atom. The largest absolute Gasteiger partial charge is 0.396 e. The van der Waals surface area contributed by atoms with Gasteiger partial charge in [0.1, 0.15) is 0 Å². The molecule has 0 aliphatic carbocycles. The Morgan fingerprint density at radius 1 is 1.32 bits per heavy atom. The zero-order valence-electron chi connectivity index (χ0n) is 12.4. The number of rotatable bonds is 5. The molecule has 0 aliphatic heterocycles. The number of aryl methyl sites for hydroxylation is 1. The molecule has 0 heterocycles. The van der Waals surface area contributed by atoms with Gasteiger partial charge in [0.05, 0.1) is 6.42 Å². The van der Waals surface area contributed by atoms with Gasteiger partial charge in [0.25, 0.3) is 0 Å². The molecule has 0 fully saturated rings. The van der Waals surface area contributed by atoms with E-state index in [4.69, 9.17) is 5.11 Å². The number of aliphatic hydroxyl groups is 1. The normalized spacial score (nSPS) is 13.1. The van der Waals surface area contributed by atoms with E-state index >= 15 is 0 Å². The van der Waals surface area contributed by atoms with Crippen LogP contribution in [0.5, 0.6) is 0 Å². The standard InChI is InChI=1S/C16H25NO2/c1-12-7-5-6-8-13(12)11-15(19)17-14(9-10-18)16(2,3)4/h5-8,14,18H,9-11H2,1-4H3,(H,17,19)/t14-/m1/s1. The molecule has 0 bridgehead atoms. The van der Waals surface area contributed by atoms with Crippen molar-refractivity contribution in [3.8, 4) is 0 Å². The topological polar surface area (TPSA) is 49.3 Å². The number of benzene rings is 1. The maximum atomic E-state index is 12.1. The summed E-state index contributed by atoms with van der Waals surface area (Å²) in [5.41, 5.74) is 2.13. The summed E-state index contributed by atoms with van der Waals surface area (Å²) in [5.74, 6) is 0.0164. The molecule has 1 amide bonds. The minimum absolute atomic E-state index is 0.00554. The van der Waals surface area contributed by atoms with Crippen LogP contribution in [0.3, 0.4) is 0 Å².